The molecule has 0 bridgehead atoms. The van der Waals surface area contributed by atoms with Crippen molar-refractivity contribution >= 4 is 35.1 Å². The van der Waals surface area contributed by atoms with Gasteiger partial charge in [-0.2, -0.15) is 0 Å². The molecule has 1 aliphatic rings. The van der Waals surface area contributed by atoms with Crippen molar-refractivity contribution in [2.75, 3.05) is 0 Å². The lowest BCUT2D eigenvalue weighted by Gasteiger charge is -2.31. The molecule has 5 nitrogen and oxygen atoms in total. The number of hydrogen-bond donors (Lipinski definition) is 1. The van der Waals surface area contributed by atoms with Crippen LogP contribution >= 0.6 is 23.2 Å². The van der Waals surface area contributed by atoms with Gasteiger partial charge in [0.1, 0.15) is 10.4 Å². The molecule has 1 amide bonds. The van der Waals surface area contributed by atoms with E-state index in [4.69, 9.17) is 23.2 Å². The monoisotopic (exact) mass is 344 g/mol. The second-order valence-corrected chi connectivity index (χ2v) is 7.37. The number of pyridine rings is 1. The number of hydrogen-bond acceptors (Lipinski definition) is 3. The zero-order valence-electron chi connectivity index (χ0n) is 12.4. The summed E-state index contributed by atoms with van der Waals surface area (Å²) in [5, 5.41) is 9.49. The van der Waals surface area contributed by atoms with Crippen LogP contribution in [0.2, 0.25) is 0 Å². The summed E-state index contributed by atoms with van der Waals surface area (Å²) in [6.07, 6.45) is 1.95. The van der Waals surface area contributed by atoms with E-state index in [0.29, 0.717) is 12.1 Å². The molecule has 1 aromatic heterocycles. The predicted molar refractivity (Wildman–Crippen MR) is 83.6 cm³/mol. The summed E-state index contributed by atoms with van der Waals surface area (Å²) in [5.74, 6) is -2.18. The lowest BCUT2D eigenvalue weighted by molar-refractivity contribution is -0.153. The van der Waals surface area contributed by atoms with Gasteiger partial charge >= 0.3 is 5.97 Å². The van der Waals surface area contributed by atoms with Gasteiger partial charge in [-0.05, 0) is 24.5 Å². The molecule has 0 spiro atoms. The third-order valence-electron chi connectivity index (χ3n) is 3.69. The number of alkyl halides is 2. The number of nitrogens with zero attached hydrogens (tertiary/aromatic N) is 2. The minimum absolute atomic E-state index is 0.120. The summed E-state index contributed by atoms with van der Waals surface area (Å²) < 4.78 is -1.08. The largest absolute Gasteiger partial charge is 0.480 e. The van der Waals surface area contributed by atoms with E-state index in [0.717, 1.165) is 0 Å². The Hall–Kier alpha value is -1.33. The fourth-order valence-corrected chi connectivity index (χ4v) is 2.93. The molecule has 2 atom stereocenters. The van der Waals surface area contributed by atoms with Crippen LogP contribution in [-0.2, 0) is 16.1 Å². The van der Waals surface area contributed by atoms with Crippen LogP contribution in [-0.4, -0.2) is 37.2 Å². The number of carbonyl (C=O) groups excluding carboxylic acids is 1. The van der Waals surface area contributed by atoms with E-state index in [-0.39, 0.29) is 18.4 Å². The summed E-state index contributed by atoms with van der Waals surface area (Å²) in [6, 6.07) is 4.36. The summed E-state index contributed by atoms with van der Waals surface area (Å²) in [5.41, 5.74) is 0.623. The second kappa shape index (κ2) is 6.42. The average molecular weight is 345 g/mol. The summed E-state index contributed by atoms with van der Waals surface area (Å²) in [4.78, 5) is 29.7. The maximum atomic E-state index is 12.6. The highest BCUT2D eigenvalue weighted by molar-refractivity contribution is 6.52. The minimum Gasteiger partial charge on any atom is -0.480 e. The maximum Gasteiger partial charge on any atom is 0.326 e. The molecule has 1 fully saturated rings. The zero-order valence-corrected chi connectivity index (χ0v) is 13.9. The molecule has 2 rings (SSSR count). The summed E-state index contributed by atoms with van der Waals surface area (Å²) in [6.45, 7) is 3.65. The quantitative estimate of drug-likeness (QED) is 0.805. The molecule has 120 valence electrons. The fraction of sp³-hybridized carbons (Fsp3) is 0.533. The first-order valence-electron chi connectivity index (χ1n) is 7.05. The van der Waals surface area contributed by atoms with Gasteiger partial charge in [-0.15, -0.1) is 23.2 Å². The van der Waals surface area contributed by atoms with Gasteiger partial charge in [-0.25, -0.2) is 4.79 Å². The van der Waals surface area contributed by atoms with Crippen LogP contribution < -0.4 is 0 Å². The Labute approximate surface area is 139 Å². The Bertz CT molecular complexity index is 563. The van der Waals surface area contributed by atoms with Crippen molar-refractivity contribution in [3.63, 3.8) is 0 Å². The van der Waals surface area contributed by atoms with Crippen LogP contribution in [0.3, 0.4) is 0 Å². The number of aliphatic carboxylic acids is 1. The first-order valence-corrected chi connectivity index (χ1v) is 7.80. The molecule has 7 heteroatoms. The van der Waals surface area contributed by atoms with Crippen LogP contribution in [0.4, 0.5) is 0 Å². The van der Waals surface area contributed by atoms with Gasteiger partial charge < -0.3 is 10.0 Å². The fourth-order valence-electron chi connectivity index (χ4n) is 2.44. The molecule has 1 saturated carbocycles. The summed E-state index contributed by atoms with van der Waals surface area (Å²) in [7, 11) is 0. The lowest BCUT2D eigenvalue weighted by atomic mass is 10.0. The third kappa shape index (κ3) is 3.70. The molecule has 0 aliphatic heterocycles. The molecule has 0 aromatic carbocycles. The van der Waals surface area contributed by atoms with Gasteiger partial charge in [0.25, 0.3) is 0 Å². The lowest BCUT2D eigenvalue weighted by Crippen LogP contribution is -2.48. The highest BCUT2D eigenvalue weighted by Crippen LogP contribution is 2.54. The zero-order chi connectivity index (χ0) is 16.5. The van der Waals surface area contributed by atoms with Gasteiger partial charge in [0.15, 0.2) is 0 Å². The van der Waals surface area contributed by atoms with Crippen molar-refractivity contribution in [3.05, 3.63) is 30.1 Å². The van der Waals surface area contributed by atoms with E-state index in [9.17, 15) is 14.7 Å². The average Bonchev–Trinajstić information content (AvgIpc) is 3.06. The first kappa shape index (κ1) is 17.0. The molecule has 1 aliphatic carbocycles. The van der Waals surface area contributed by atoms with E-state index in [1.807, 2.05) is 0 Å². The SMILES string of the molecule is CC(C)C(C(=O)O)N(Cc1ccccn1)C(=O)C1CC1(Cl)Cl. The molecule has 22 heavy (non-hydrogen) atoms. The van der Waals surface area contributed by atoms with Gasteiger partial charge in [0.05, 0.1) is 18.2 Å². The number of amides is 1. The second-order valence-electron chi connectivity index (χ2n) is 5.83. The Balaban J connectivity index is 2.27. The molecule has 1 aromatic rings. The number of rotatable bonds is 6. The van der Waals surface area contributed by atoms with Crippen molar-refractivity contribution in [1.29, 1.82) is 0 Å². The van der Waals surface area contributed by atoms with Crippen molar-refractivity contribution in [3.8, 4) is 0 Å². The van der Waals surface area contributed by atoms with Crippen molar-refractivity contribution < 1.29 is 14.7 Å². The molecular formula is C15H18Cl2N2O3. The normalized spacial score (nSPS) is 20.5. The molecular weight excluding hydrogens is 327 g/mol. The Morgan fingerprint density at radius 2 is 2.09 bits per heavy atom. The van der Waals surface area contributed by atoms with Crippen molar-refractivity contribution in [2.24, 2.45) is 11.8 Å². The van der Waals surface area contributed by atoms with Crippen LogP contribution in [0.15, 0.2) is 24.4 Å². The Morgan fingerprint density at radius 1 is 1.45 bits per heavy atom. The van der Waals surface area contributed by atoms with Gasteiger partial charge in [-0.3, -0.25) is 9.78 Å². The highest BCUT2D eigenvalue weighted by atomic mass is 35.5. The summed E-state index contributed by atoms with van der Waals surface area (Å²) >= 11 is 11.9. The van der Waals surface area contributed by atoms with E-state index >= 15 is 0 Å². The van der Waals surface area contributed by atoms with Gasteiger partial charge in [0, 0.05) is 6.20 Å². The van der Waals surface area contributed by atoms with Crippen LogP contribution in [0.5, 0.6) is 0 Å². The highest BCUT2D eigenvalue weighted by Gasteiger charge is 2.58. The maximum absolute atomic E-state index is 12.6. The smallest absolute Gasteiger partial charge is 0.326 e. The number of carbonyl (C=O) groups is 2. The number of aromatic nitrogens is 1. The minimum atomic E-state index is -1.08. The topological polar surface area (TPSA) is 70.5 Å². The molecule has 0 saturated heterocycles. The van der Waals surface area contributed by atoms with Crippen LogP contribution in [0, 0.1) is 11.8 Å². The molecule has 2 unspecified atom stereocenters. The van der Waals surface area contributed by atoms with E-state index in [2.05, 4.69) is 4.98 Å². The first-order chi connectivity index (χ1) is 10.2. The Morgan fingerprint density at radius 3 is 2.50 bits per heavy atom. The van der Waals surface area contributed by atoms with Crippen molar-refractivity contribution in [2.45, 2.75) is 37.2 Å². The Kier molecular flexibility index (Phi) is 4.97. The number of carboxylic acids is 1. The van der Waals surface area contributed by atoms with Crippen molar-refractivity contribution in [1.82, 2.24) is 9.88 Å². The van der Waals surface area contributed by atoms with E-state index in [1.54, 1.807) is 38.2 Å². The van der Waals surface area contributed by atoms with Crippen LogP contribution in [0.1, 0.15) is 26.0 Å². The van der Waals surface area contributed by atoms with Gasteiger partial charge in [0.2, 0.25) is 5.91 Å². The van der Waals surface area contributed by atoms with E-state index < -0.39 is 22.3 Å². The molecule has 1 heterocycles. The standard InChI is InChI=1S/C15H18Cl2N2O3/c1-9(2)12(14(21)22)19(8-10-5-3-4-6-18-10)13(20)11-7-15(11,16)17/h3-6,9,11-12H,7-8H2,1-2H3,(H,21,22). The predicted octanol–water partition coefficient (Wildman–Crippen LogP) is 2.71. The molecule has 0 radical (unpaired) electrons. The van der Waals surface area contributed by atoms with E-state index in [1.165, 1.54) is 4.90 Å². The van der Waals surface area contributed by atoms with Gasteiger partial charge in [-0.1, -0.05) is 19.9 Å². The number of halogens is 2. The number of carboxylic acid groups (broad SMARTS) is 1. The molecule has 1 N–H and O–H groups in total. The van der Waals surface area contributed by atoms with Crippen LogP contribution in [0.25, 0.3) is 0 Å². The third-order valence-corrected chi connectivity index (χ3v) is 4.52.